The molecule has 0 aromatic heterocycles. The third-order valence-corrected chi connectivity index (χ3v) is 3.98. The molecule has 2 aromatic carbocycles. The smallest absolute Gasteiger partial charge is 0.196 e. The Bertz CT molecular complexity index is 846. The van der Waals surface area contributed by atoms with E-state index < -0.39 is 0 Å². The van der Waals surface area contributed by atoms with Gasteiger partial charge in [-0.1, -0.05) is 24.1 Å². The van der Waals surface area contributed by atoms with Crippen molar-refractivity contribution < 1.29 is 13.9 Å². The Morgan fingerprint density at radius 3 is 2.78 bits per heavy atom. The average Bonchev–Trinajstić information content (AvgIpc) is 2.92. The van der Waals surface area contributed by atoms with Crippen molar-refractivity contribution in [2.24, 2.45) is 4.99 Å². The highest BCUT2D eigenvalue weighted by Gasteiger charge is 2.11. The van der Waals surface area contributed by atoms with Crippen LogP contribution in [0.4, 0.5) is 10.1 Å². The lowest BCUT2D eigenvalue weighted by atomic mass is 10.1. The second kappa shape index (κ2) is 9.48. The van der Waals surface area contributed by atoms with E-state index in [4.69, 9.17) is 15.9 Å². The monoisotopic (exact) mass is 367 g/mol. The van der Waals surface area contributed by atoms with Gasteiger partial charge in [0.05, 0.1) is 19.8 Å². The molecule has 2 aromatic rings. The minimum atomic E-state index is -0.221. The molecule has 1 aliphatic heterocycles. The standard InChI is InChI=1S/C21H22FN3O2/c1-2-11-23-21(24-12-10-16-6-3-4-7-18(16)22)25-17-8-9-19-20(15-17)27-14-5-13-26-19/h1,3-4,6-9,15H,5,10-14H2,(H2,23,24,25). The second-order valence-electron chi connectivity index (χ2n) is 5.97. The van der Waals surface area contributed by atoms with Gasteiger partial charge in [0.15, 0.2) is 17.5 Å². The minimum absolute atomic E-state index is 0.221. The number of hydrogen-bond donors (Lipinski definition) is 2. The van der Waals surface area contributed by atoms with E-state index in [1.54, 1.807) is 12.1 Å². The number of halogens is 1. The predicted octanol–water partition coefficient (Wildman–Crippen LogP) is 3.22. The van der Waals surface area contributed by atoms with Gasteiger partial charge in [-0.15, -0.1) is 6.42 Å². The Morgan fingerprint density at radius 2 is 1.96 bits per heavy atom. The van der Waals surface area contributed by atoms with Gasteiger partial charge in [-0.3, -0.25) is 4.99 Å². The summed E-state index contributed by atoms with van der Waals surface area (Å²) in [7, 11) is 0. The number of benzene rings is 2. The Labute approximate surface area is 158 Å². The van der Waals surface area contributed by atoms with Crippen molar-refractivity contribution in [3.8, 4) is 23.8 Å². The molecule has 5 nitrogen and oxygen atoms in total. The third-order valence-electron chi connectivity index (χ3n) is 3.98. The van der Waals surface area contributed by atoms with E-state index >= 15 is 0 Å². The number of nitrogens with one attached hydrogen (secondary N) is 2. The van der Waals surface area contributed by atoms with Gasteiger partial charge in [-0.2, -0.15) is 0 Å². The molecule has 0 atom stereocenters. The van der Waals surface area contributed by atoms with E-state index in [0.29, 0.717) is 50.0 Å². The van der Waals surface area contributed by atoms with Crippen molar-refractivity contribution in [1.29, 1.82) is 0 Å². The van der Waals surface area contributed by atoms with E-state index in [1.165, 1.54) is 6.07 Å². The summed E-state index contributed by atoms with van der Waals surface area (Å²) in [6.45, 7) is 2.02. The maximum atomic E-state index is 13.7. The van der Waals surface area contributed by atoms with Gasteiger partial charge < -0.3 is 20.1 Å². The molecule has 3 rings (SSSR count). The van der Waals surface area contributed by atoms with Crippen molar-refractivity contribution in [2.45, 2.75) is 12.8 Å². The minimum Gasteiger partial charge on any atom is -0.490 e. The van der Waals surface area contributed by atoms with Crippen LogP contribution in [0.3, 0.4) is 0 Å². The highest BCUT2D eigenvalue weighted by Crippen LogP contribution is 2.32. The average molecular weight is 367 g/mol. The van der Waals surface area contributed by atoms with Crippen LogP contribution in [0.15, 0.2) is 47.5 Å². The van der Waals surface area contributed by atoms with Gasteiger partial charge in [-0.05, 0) is 30.2 Å². The molecule has 0 saturated heterocycles. The fourth-order valence-electron chi connectivity index (χ4n) is 2.64. The molecule has 0 fully saturated rings. The molecule has 0 amide bonds. The molecule has 0 spiro atoms. The summed E-state index contributed by atoms with van der Waals surface area (Å²) >= 11 is 0. The van der Waals surface area contributed by atoms with Gasteiger partial charge in [0.25, 0.3) is 0 Å². The lowest BCUT2D eigenvalue weighted by Crippen LogP contribution is -2.31. The van der Waals surface area contributed by atoms with Gasteiger partial charge >= 0.3 is 0 Å². The quantitative estimate of drug-likeness (QED) is 0.484. The number of rotatable bonds is 5. The number of nitrogens with zero attached hydrogens (tertiary/aromatic N) is 1. The summed E-state index contributed by atoms with van der Waals surface area (Å²) in [5.74, 6) is 4.25. The topological polar surface area (TPSA) is 54.9 Å². The molecule has 6 heteroatoms. The van der Waals surface area contributed by atoms with Crippen LogP contribution in [-0.4, -0.2) is 32.3 Å². The van der Waals surface area contributed by atoms with Crippen molar-refractivity contribution in [1.82, 2.24) is 5.32 Å². The normalized spacial score (nSPS) is 13.4. The molecular weight excluding hydrogens is 345 g/mol. The molecule has 0 unspecified atom stereocenters. The number of fused-ring (bicyclic) bond motifs is 1. The van der Waals surface area contributed by atoms with Crippen molar-refractivity contribution in [3.05, 3.63) is 53.8 Å². The van der Waals surface area contributed by atoms with E-state index in [1.807, 2.05) is 24.3 Å². The van der Waals surface area contributed by atoms with Gasteiger partial charge in [0.1, 0.15) is 5.82 Å². The molecule has 0 radical (unpaired) electrons. The maximum Gasteiger partial charge on any atom is 0.196 e. The number of guanidine groups is 1. The predicted molar refractivity (Wildman–Crippen MR) is 105 cm³/mol. The van der Waals surface area contributed by atoms with E-state index in [9.17, 15) is 4.39 Å². The van der Waals surface area contributed by atoms with E-state index in [2.05, 4.69) is 21.5 Å². The number of terminal acetylenes is 1. The Hall–Kier alpha value is -3.20. The Morgan fingerprint density at radius 1 is 1.15 bits per heavy atom. The highest BCUT2D eigenvalue weighted by atomic mass is 19.1. The summed E-state index contributed by atoms with van der Waals surface area (Å²) in [6, 6.07) is 12.3. The number of ether oxygens (including phenoxy) is 2. The van der Waals surface area contributed by atoms with Crippen LogP contribution < -0.4 is 20.1 Å². The molecule has 0 aliphatic carbocycles. The lowest BCUT2D eigenvalue weighted by Gasteiger charge is -2.13. The van der Waals surface area contributed by atoms with Crippen LogP contribution in [0.1, 0.15) is 12.0 Å². The van der Waals surface area contributed by atoms with Crippen LogP contribution in [0.2, 0.25) is 0 Å². The number of anilines is 1. The maximum absolute atomic E-state index is 13.7. The first kappa shape index (κ1) is 18.6. The largest absolute Gasteiger partial charge is 0.490 e. The first-order chi connectivity index (χ1) is 13.3. The van der Waals surface area contributed by atoms with Gasteiger partial charge in [0.2, 0.25) is 0 Å². The van der Waals surface area contributed by atoms with Gasteiger partial charge in [-0.25, -0.2) is 4.39 Å². The van der Waals surface area contributed by atoms with Crippen molar-refractivity contribution >= 4 is 11.6 Å². The first-order valence-electron chi connectivity index (χ1n) is 8.88. The second-order valence-corrected chi connectivity index (χ2v) is 5.97. The molecule has 0 bridgehead atoms. The molecule has 0 saturated carbocycles. The zero-order chi connectivity index (χ0) is 18.9. The van der Waals surface area contributed by atoms with Crippen LogP contribution >= 0.6 is 0 Å². The summed E-state index contributed by atoms with van der Waals surface area (Å²) in [5.41, 5.74) is 1.43. The van der Waals surface area contributed by atoms with Crippen molar-refractivity contribution in [2.75, 3.05) is 31.6 Å². The van der Waals surface area contributed by atoms with E-state index in [0.717, 1.165) is 17.9 Å². The van der Waals surface area contributed by atoms with Crippen molar-refractivity contribution in [3.63, 3.8) is 0 Å². The molecule has 2 N–H and O–H groups in total. The molecular formula is C21H22FN3O2. The summed E-state index contributed by atoms with van der Waals surface area (Å²) in [6.07, 6.45) is 6.68. The Kier molecular flexibility index (Phi) is 6.53. The molecule has 1 heterocycles. The zero-order valence-electron chi connectivity index (χ0n) is 15.0. The van der Waals surface area contributed by atoms with E-state index in [-0.39, 0.29) is 5.82 Å². The van der Waals surface area contributed by atoms with Crippen LogP contribution in [-0.2, 0) is 6.42 Å². The first-order valence-corrected chi connectivity index (χ1v) is 8.88. The third kappa shape index (κ3) is 5.38. The molecule has 27 heavy (non-hydrogen) atoms. The summed E-state index contributed by atoms with van der Waals surface area (Å²) < 4.78 is 25.1. The lowest BCUT2D eigenvalue weighted by molar-refractivity contribution is 0.297. The number of hydrogen-bond acceptors (Lipinski definition) is 3. The fraction of sp³-hybridized carbons (Fsp3) is 0.286. The summed E-state index contributed by atoms with van der Waals surface area (Å²) in [5, 5.41) is 6.25. The Balaban J connectivity index is 1.68. The molecule has 140 valence electrons. The molecule has 1 aliphatic rings. The van der Waals surface area contributed by atoms with Crippen LogP contribution in [0.25, 0.3) is 0 Å². The highest BCUT2D eigenvalue weighted by molar-refractivity contribution is 5.94. The van der Waals surface area contributed by atoms with Gasteiger partial charge in [0, 0.05) is 24.7 Å². The number of aliphatic imine (C=N–C) groups is 1. The zero-order valence-corrected chi connectivity index (χ0v) is 15.0. The van der Waals surface area contributed by atoms with Crippen LogP contribution in [0, 0.1) is 18.2 Å². The fourth-order valence-corrected chi connectivity index (χ4v) is 2.64. The SMILES string of the molecule is C#CCNC(=NCCc1ccccc1F)Nc1ccc2c(c1)OCCCO2. The van der Waals surface area contributed by atoms with Crippen LogP contribution in [0.5, 0.6) is 11.5 Å². The summed E-state index contributed by atoms with van der Waals surface area (Å²) in [4.78, 5) is 4.48.